The molecule has 0 saturated heterocycles. The van der Waals surface area contributed by atoms with Crippen LogP contribution in [0.5, 0.6) is 0 Å². The zero-order valence-electron chi connectivity index (χ0n) is 8.34. The fourth-order valence-corrected chi connectivity index (χ4v) is 0.777. The zero-order chi connectivity index (χ0) is 12.0. The summed E-state index contributed by atoms with van der Waals surface area (Å²) in [5, 5.41) is 8.30. The average Bonchev–Trinajstić information content (AvgIpc) is 2.28. The fourth-order valence-electron chi connectivity index (χ4n) is 0.777. The molecule has 1 rings (SSSR count). The molecule has 0 aliphatic carbocycles. The van der Waals surface area contributed by atoms with Crippen LogP contribution in [0, 0.1) is 0 Å². The van der Waals surface area contributed by atoms with Gasteiger partial charge in [-0.05, 0) is 0 Å². The number of anilines is 1. The topological polar surface area (TPSA) is 111 Å². The highest BCUT2D eigenvalue weighted by Gasteiger charge is 2.09. The third-order valence-corrected chi connectivity index (χ3v) is 1.40. The number of hydrogen-bond acceptors (Lipinski definition) is 7. The van der Waals surface area contributed by atoms with Gasteiger partial charge >= 0.3 is 11.9 Å². The molecule has 0 fully saturated rings. The summed E-state index contributed by atoms with van der Waals surface area (Å²) in [6.45, 7) is -0.530. The number of carboxylic acid groups (broad SMARTS) is 1. The molecule has 0 bridgehead atoms. The minimum atomic E-state index is -1.13. The van der Waals surface area contributed by atoms with Crippen LogP contribution in [0.15, 0.2) is 12.3 Å². The second-order valence-corrected chi connectivity index (χ2v) is 2.54. The number of ether oxygens (including phenoxy) is 1. The van der Waals surface area contributed by atoms with Gasteiger partial charge in [-0.25, -0.2) is 25.0 Å². The summed E-state index contributed by atoms with van der Waals surface area (Å²) in [4.78, 5) is 33.1. The van der Waals surface area contributed by atoms with Gasteiger partial charge in [-0.15, -0.1) is 0 Å². The number of aromatic nitrogens is 2. The molecule has 0 aliphatic heterocycles. The third-order valence-electron chi connectivity index (χ3n) is 1.40. The van der Waals surface area contributed by atoms with E-state index in [2.05, 4.69) is 25.0 Å². The molecule has 0 saturated carbocycles. The van der Waals surface area contributed by atoms with Crippen LogP contribution in [0.25, 0.3) is 0 Å². The number of carbonyl (C=O) groups excluding carboxylic acids is 1. The number of nitrogens with zero attached hydrogens (tertiary/aromatic N) is 2. The number of carboxylic acids is 1. The van der Waals surface area contributed by atoms with E-state index in [0.29, 0.717) is 0 Å². The Morgan fingerprint density at radius 3 is 2.94 bits per heavy atom. The maximum absolute atomic E-state index is 11.0. The summed E-state index contributed by atoms with van der Waals surface area (Å²) in [7, 11) is 1.20. The van der Waals surface area contributed by atoms with E-state index in [0.717, 1.165) is 0 Å². The summed E-state index contributed by atoms with van der Waals surface area (Å²) in [6, 6.07) is 1.41. The first-order valence-electron chi connectivity index (χ1n) is 4.14. The van der Waals surface area contributed by atoms with Crippen LogP contribution in [0.3, 0.4) is 0 Å². The highest BCUT2D eigenvalue weighted by molar-refractivity contribution is 5.85. The van der Waals surface area contributed by atoms with Crippen LogP contribution in [-0.2, 0) is 14.4 Å². The van der Waals surface area contributed by atoms with E-state index in [1.54, 1.807) is 0 Å². The lowest BCUT2D eigenvalue weighted by atomic mass is 10.5. The largest absolute Gasteiger partial charge is 0.479 e. The molecule has 1 aromatic rings. The standard InChI is InChI=1S/C8H9N3O5/c1-15-8(14)7-9-3-2-5(10-7)11-16-4-6(12)13/h2-3H,4H2,1H3,(H,12,13)(H,9,10,11). The van der Waals surface area contributed by atoms with Crippen molar-refractivity contribution in [3.05, 3.63) is 18.1 Å². The van der Waals surface area contributed by atoms with Gasteiger partial charge in [0.25, 0.3) is 0 Å². The van der Waals surface area contributed by atoms with Crippen molar-refractivity contribution in [1.29, 1.82) is 0 Å². The first-order valence-corrected chi connectivity index (χ1v) is 4.14. The summed E-state index contributed by atoms with van der Waals surface area (Å²) in [5.41, 5.74) is 2.26. The molecule has 16 heavy (non-hydrogen) atoms. The number of esters is 1. The first kappa shape index (κ1) is 11.9. The van der Waals surface area contributed by atoms with E-state index in [1.807, 2.05) is 0 Å². The molecule has 1 aromatic heterocycles. The van der Waals surface area contributed by atoms with Crippen molar-refractivity contribution in [2.24, 2.45) is 0 Å². The van der Waals surface area contributed by atoms with E-state index in [1.165, 1.54) is 19.4 Å². The Morgan fingerprint density at radius 1 is 1.56 bits per heavy atom. The van der Waals surface area contributed by atoms with Gasteiger partial charge in [0.15, 0.2) is 12.4 Å². The van der Waals surface area contributed by atoms with E-state index < -0.39 is 18.5 Å². The van der Waals surface area contributed by atoms with Gasteiger partial charge in [0.05, 0.1) is 7.11 Å². The highest BCUT2D eigenvalue weighted by atomic mass is 16.7. The van der Waals surface area contributed by atoms with Crippen LogP contribution in [0.4, 0.5) is 5.82 Å². The number of hydrogen-bond donors (Lipinski definition) is 2. The summed E-state index contributed by atoms with van der Waals surface area (Å²) >= 11 is 0. The molecular formula is C8H9N3O5. The summed E-state index contributed by atoms with van der Waals surface area (Å²) in [6.07, 6.45) is 1.31. The van der Waals surface area contributed by atoms with Gasteiger partial charge in [-0.1, -0.05) is 0 Å². The fraction of sp³-hybridized carbons (Fsp3) is 0.250. The highest BCUT2D eigenvalue weighted by Crippen LogP contribution is 2.02. The molecule has 1 heterocycles. The van der Waals surface area contributed by atoms with Crippen molar-refractivity contribution in [3.8, 4) is 0 Å². The van der Waals surface area contributed by atoms with Gasteiger partial charge in [-0.3, -0.25) is 4.84 Å². The smallest absolute Gasteiger partial charge is 0.376 e. The zero-order valence-corrected chi connectivity index (χ0v) is 8.34. The Hall–Kier alpha value is -2.22. The lowest BCUT2D eigenvalue weighted by Crippen LogP contribution is -2.14. The summed E-state index contributed by atoms with van der Waals surface area (Å²) < 4.78 is 4.41. The average molecular weight is 227 g/mol. The van der Waals surface area contributed by atoms with E-state index in [4.69, 9.17) is 5.11 Å². The van der Waals surface area contributed by atoms with Gasteiger partial charge in [0.2, 0.25) is 5.82 Å². The molecule has 0 unspecified atom stereocenters. The number of nitrogens with one attached hydrogen (secondary N) is 1. The molecule has 0 radical (unpaired) electrons. The Bertz CT molecular complexity index is 395. The van der Waals surface area contributed by atoms with Crippen LogP contribution in [0.1, 0.15) is 10.6 Å². The molecule has 0 atom stereocenters. The van der Waals surface area contributed by atoms with Crippen LogP contribution >= 0.6 is 0 Å². The van der Waals surface area contributed by atoms with Crippen molar-refractivity contribution in [2.75, 3.05) is 19.2 Å². The SMILES string of the molecule is COC(=O)c1nccc(NOCC(=O)O)n1. The van der Waals surface area contributed by atoms with Crippen LogP contribution in [0.2, 0.25) is 0 Å². The third kappa shape index (κ3) is 3.50. The van der Waals surface area contributed by atoms with Crippen molar-refractivity contribution < 1.29 is 24.3 Å². The molecule has 2 N–H and O–H groups in total. The Labute approximate surface area is 90.2 Å². The minimum absolute atomic E-state index is 0.147. The quantitative estimate of drug-likeness (QED) is 0.520. The molecule has 0 aromatic carbocycles. The van der Waals surface area contributed by atoms with Crippen LogP contribution < -0.4 is 5.48 Å². The summed E-state index contributed by atoms with van der Waals surface area (Å²) in [5.74, 6) is -1.81. The predicted octanol–water partition coefficient (Wildman–Crippen LogP) is -0.309. The molecule has 0 amide bonds. The Kier molecular flexibility index (Phi) is 4.16. The second kappa shape index (κ2) is 5.61. The number of carbonyl (C=O) groups is 2. The molecule has 86 valence electrons. The van der Waals surface area contributed by atoms with E-state index in [9.17, 15) is 9.59 Å². The molecule has 0 spiro atoms. The Balaban J connectivity index is 2.60. The lowest BCUT2D eigenvalue weighted by Gasteiger charge is -2.04. The number of aliphatic carboxylic acids is 1. The van der Waals surface area contributed by atoms with Gasteiger partial charge in [0, 0.05) is 12.3 Å². The maximum Gasteiger partial charge on any atom is 0.376 e. The van der Waals surface area contributed by atoms with Crippen molar-refractivity contribution in [2.45, 2.75) is 0 Å². The normalized spacial score (nSPS) is 9.56. The van der Waals surface area contributed by atoms with Crippen molar-refractivity contribution in [3.63, 3.8) is 0 Å². The van der Waals surface area contributed by atoms with E-state index >= 15 is 0 Å². The lowest BCUT2D eigenvalue weighted by molar-refractivity contribution is -0.141. The van der Waals surface area contributed by atoms with Crippen LogP contribution in [-0.4, -0.2) is 40.7 Å². The predicted molar refractivity (Wildman–Crippen MR) is 50.6 cm³/mol. The number of methoxy groups -OCH3 is 1. The molecule has 8 heteroatoms. The monoisotopic (exact) mass is 227 g/mol. The first-order chi connectivity index (χ1) is 7.63. The van der Waals surface area contributed by atoms with Crippen molar-refractivity contribution in [1.82, 2.24) is 9.97 Å². The second-order valence-electron chi connectivity index (χ2n) is 2.54. The van der Waals surface area contributed by atoms with Gasteiger partial charge in [-0.2, -0.15) is 0 Å². The van der Waals surface area contributed by atoms with Gasteiger partial charge < -0.3 is 9.84 Å². The molecule has 0 aliphatic rings. The minimum Gasteiger partial charge on any atom is -0.479 e. The van der Waals surface area contributed by atoms with E-state index in [-0.39, 0.29) is 11.6 Å². The number of rotatable bonds is 5. The molecular weight excluding hydrogens is 218 g/mol. The van der Waals surface area contributed by atoms with Gasteiger partial charge in [0.1, 0.15) is 0 Å². The maximum atomic E-state index is 11.0. The van der Waals surface area contributed by atoms with Crippen molar-refractivity contribution >= 4 is 17.8 Å². The Morgan fingerprint density at radius 2 is 2.31 bits per heavy atom. The molecule has 8 nitrogen and oxygen atoms in total.